The molecule has 7 nitrogen and oxygen atoms in total. The van der Waals surface area contributed by atoms with E-state index in [9.17, 15) is 15.0 Å². The second-order valence-electron chi connectivity index (χ2n) is 2.77. The van der Waals surface area contributed by atoms with E-state index < -0.39 is 37.2 Å². The number of rotatable bonds is 2. The van der Waals surface area contributed by atoms with Crippen molar-refractivity contribution in [1.82, 2.24) is 5.32 Å². The van der Waals surface area contributed by atoms with E-state index in [0.717, 1.165) is 0 Å². The van der Waals surface area contributed by atoms with Gasteiger partial charge < -0.3 is 31.1 Å². The molecular formula is C6H12N2O5. The SMILES string of the molecule is NC(=O)NC1O[C@H](CO)[C@@H](O)[C@H]1O. The van der Waals surface area contributed by atoms with E-state index in [1.807, 2.05) is 0 Å². The first kappa shape index (κ1) is 10.2. The normalized spacial score (nSPS) is 39.0. The summed E-state index contributed by atoms with van der Waals surface area (Å²) in [6.45, 7) is -0.435. The number of nitrogens with one attached hydrogen (secondary N) is 1. The first-order chi connectivity index (χ1) is 6.06. The molecule has 0 spiro atoms. The highest BCUT2D eigenvalue weighted by atomic mass is 16.6. The molecule has 76 valence electrons. The molecule has 0 bridgehead atoms. The number of aliphatic hydroxyl groups excluding tert-OH is 3. The van der Waals surface area contributed by atoms with Crippen LogP contribution >= 0.6 is 0 Å². The Morgan fingerprint density at radius 1 is 1.46 bits per heavy atom. The van der Waals surface area contributed by atoms with E-state index in [0.29, 0.717) is 0 Å². The largest absolute Gasteiger partial charge is 0.394 e. The molecule has 0 aromatic heterocycles. The maximum Gasteiger partial charge on any atom is 0.314 e. The van der Waals surface area contributed by atoms with Crippen molar-refractivity contribution in [1.29, 1.82) is 0 Å². The van der Waals surface area contributed by atoms with Crippen LogP contribution in [0.2, 0.25) is 0 Å². The van der Waals surface area contributed by atoms with Gasteiger partial charge in [-0.1, -0.05) is 0 Å². The predicted molar refractivity (Wildman–Crippen MR) is 40.5 cm³/mol. The summed E-state index contributed by atoms with van der Waals surface area (Å²) in [5.74, 6) is 0. The monoisotopic (exact) mass is 192 g/mol. The van der Waals surface area contributed by atoms with Crippen LogP contribution in [0.1, 0.15) is 0 Å². The fourth-order valence-electron chi connectivity index (χ4n) is 1.16. The number of hydrogen-bond donors (Lipinski definition) is 5. The van der Waals surface area contributed by atoms with Gasteiger partial charge in [-0.2, -0.15) is 0 Å². The van der Waals surface area contributed by atoms with Gasteiger partial charge in [-0.15, -0.1) is 0 Å². The minimum atomic E-state index is -1.27. The van der Waals surface area contributed by atoms with E-state index >= 15 is 0 Å². The highest BCUT2D eigenvalue weighted by Crippen LogP contribution is 2.18. The van der Waals surface area contributed by atoms with Crippen molar-refractivity contribution in [2.24, 2.45) is 5.73 Å². The second kappa shape index (κ2) is 3.88. The molecule has 6 N–H and O–H groups in total. The van der Waals surface area contributed by atoms with Crippen molar-refractivity contribution in [2.45, 2.75) is 24.5 Å². The molecule has 4 atom stereocenters. The van der Waals surface area contributed by atoms with Gasteiger partial charge in [0, 0.05) is 0 Å². The lowest BCUT2D eigenvalue weighted by Gasteiger charge is -2.14. The van der Waals surface area contributed by atoms with Gasteiger partial charge in [-0.3, -0.25) is 0 Å². The number of ether oxygens (including phenoxy) is 1. The van der Waals surface area contributed by atoms with E-state index in [1.165, 1.54) is 0 Å². The molecule has 0 saturated carbocycles. The molecule has 13 heavy (non-hydrogen) atoms. The molecule has 1 saturated heterocycles. The lowest BCUT2D eigenvalue weighted by molar-refractivity contribution is -0.0281. The Bertz CT molecular complexity index is 199. The third kappa shape index (κ3) is 2.07. The molecule has 0 aliphatic carbocycles. The summed E-state index contributed by atoms with van der Waals surface area (Å²) in [7, 11) is 0. The van der Waals surface area contributed by atoms with Crippen molar-refractivity contribution in [3.8, 4) is 0 Å². The number of carbonyl (C=O) groups excluding carboxylic acids is 1. The van der Waals surface area contributed by atoms with Crippen LogP contribution in [0.25, 0.3) is 0 Å². The predicted octanol–water partition coefficient (Wildman–Crippen LogP) is -2.91. The Morgan fingerprint density at radius 2 is 2.08 bits per heavy atom. The Kier molecular flexibility index (Phi) is 3.04. The lowest BCUT2D eigenvalue weighted by atomic mass is 10.1. The van der Waals surface area contributed by atoms with Gasteiger partial charge in [-0.05, 0) is 0 Å². The number of nitrogens with two attached hydrogens (primary N) is 1. The topological polar surface area (TPSA) is 125 Å². The summed E-state index contributed by atoms with van der Waals surface area (Å²) >= 11 is 0. The van der Waals surface area contributed by atoms with E-state index in [1.54, 1.807) is 0 Å². The van der Waals surface area contributed by atoms with Crippen LogP contribution in [0.4, 0.5) is 4.79 Å². The maximum atomic E-state index is 10.4. The summed E-state index contributed by atoms with van der Waals surface area (Å²) in [6, 6.07) is -0.866. The molecule has 0 aromatic carbocycles. The third-order valence-electron chi connectivity index (χ3n) is 1.83. The zero-order valence-electron chi connectivity index (χ0n) is 6.75. The summed E-state index contributed by atoms with van der Waals surface area (Å²) < 4.78 is 4.88. The first-order valence-corrected chi connectivity index (χ1v) is 3.74. The zero-order valence-corrected chi connectivity index (χ0v) is 6.75. The fourth-order valence-corrected chi connectivity index (χ4v) is 1.16. The molecule has 1 fully saturated rings. The standard InChI is InChI=1S/C6H12N2O5/c7-6(12)8-5-4(11)3(10)2(1-9)13-5/h2-5,9-11H,1H2,(H3,7,8,12)/t2-,3-,4-,5?/m1/s1. The van der Waals surface area contributed by atoms with Crippen LogP contribution in [0.5, 0.6) is 0 Å². The molecule has 1 heterocycles. The van der Waals surface area contributed by atoms with Crippen molar-refractivity contribution in [3.05, 3.63) is 0 Å². The Hall–Kier alpha value is -0.890. The number of primary amides is 1. The second-order valence-corrected chi connectivity index (χ2v) is 2.77. The van der Waals surface area contributed by atoms with Gasteiger partial charge in [0.15, 0.2) is 6.23 Å². The Labute approximate surface area is 74.1 Å². The Balaban J connectivity index is 2.55. The fraction of sp³-hybridized carbons (Fsp3) is 0.833. The molecule has 0 aromatic rings. The van der Waals surface area contributed by atoms with Gasteiger partial charge in [0.2, 0.25) is 0 Å². The molecule has 1 unspecified atom stereocenters. The van der Waals surface area contributed by atoms with Crippen molar-refractivity contribution in [3.63, 3.8) is 0 Å². The minimum absolute atomic E-state index is 0.435. The molecule has 7 heteroatoms. The van der Waals surface area contributed by atoms with Gasteiger partial charge in [-0.25, -0.2) is 4.79 Å². The number of carbonyl (C=O) groups is 1. The number of aliphatic hydroxyl groups is 3. The summed E-state index contributed by atoms with van der Waals surface area (Å²) in [5.41, 5.74) is 4.78. The number of urea groups is 1. The van der Waals surface area contributed by atoms with Gasteiger partial charge >= 0.3 is 6.03 Å². The smallest absolute Gasteiger partial charge is 0.314 e. The van der Waals surface area contributed by atoms with Crippen LogP contribution in [0, 0.1) is 0 Å². The summed E-state index contributed by atoms with van der Waals surface area (Å²) in [5, 5.41) is 29.2. The molecule has 1 aliphatic heterocycles. The first-order valence-electron chi connectivity index (χ1n) is 3.74. The minimum Gasteiger partial charge on any atom is -0.394 e. The molecule has 0 radical (unpaired) electrons. The van der Waals surface area contributed by atoms with Crippen molar-refractivity contribution in [2.75, 3.05) is 6.61 Å². The van der Waals surface area contributed by atoms with Crippen LogP contribution in [0.3, 0.4) is 0 Å². The van der Waals surface area contributed by atoms with Gasteiger partial charge in [0.1, 0.15) is 18.3 Å². The number of amides is 2. The van der Waals surface area contributed by atoms with E-state index in [2.05, 4.69) is 5.32 Å². The third-order valence-corrected chi connectivity index (χ3v) is 1.83. The van der Waals surface area contributed by atoms with E-state index in [4.69, 9.17) is 15.6 Å². The Morgan fingerprint density at radius 3 is 2.46 bits per heavy atom. The van der Waals surface area contributed by atoms with Crippen molar-refractivity contribution >= 4 is 6.03 Å². The molecular weight excluding hydrogens is 180 g/mol. The maximum absolute atomic E-state index is 10.4. The highest BCUT2D eigenvalue weighted by Gasteiger charge is 2.42. The van der Waals surface area contributed by atoms with E-state index in [-0.39, 0.29) is 0 Å². The van der Waals surface area contributed by atoms with Gasteiger partial charge in [0.05, 0.1) is 6.61 Å². The average molecular weight is 192 g/mol. The highest BCUT2D eigenvalue weighted by molar-refractivity contribution is 5.71. The van der Waals surface area contributed by atoms with Gasteiger partial charge in [0.25, 0.3) is 0 Å². The average Bonchev–Trinajstić information content (AvgIpc) is 2.32. The van der Waals surface area contributed by atoms with Crippen molar-refractivity contribution < 1.29 is 24.9 Å². The summed E-state index contributed by atoms with van der Waals surface area (Å²) in [6.07, 6.45) is -4.46. The van der Waals surface area contributed by atoms with Crippen LogP contribution in [-0.4, -0.2) is 52.5 Å². The van der Waals surface area contributed by atoms with Crippen LogP contribution in [0.15, 0.2) is 0 Å². The molecule has 1 aliphatic rings. The molecule has 1 rings (SSSR count). The van der Waals surface area contributed by atoms with Crippen LogP contribution < -0.4 is 11.1 Å². The van der Waals surface area contributed by atoms with Crippen LogP contribution in [-0.2, 0) is 4.74 Å². The zero-order chi connectivity index (χ0) is 10.0. The lowest BCUT2D eigenvalue weighted by Crippen LogP contribution is -2.45. The molecule has 2 amide bonds. The number of hydrogen-bond acceptors (Lipinski definition) is 5. The summed E-state index contributed by atoms with van der Waals surface area (Å²) in [4.78, 5) is 10.4. The quantitative estimate of drug-likeness (QED) is 0.321.